The summed E-state index contributed by atoms with van der Waals surface area (Å²) in [5.41, 5.74) is 3.49. The van der Waals surface area contributed by atoms with Gasteiger partial charge in [0.25, 0.3) is 6.08 Å². The highest BCUT2D eigenvalue weighted by Crippen LogP contribution is 2.31. The molecule has 0 aliphatic carbocycles. The van der Waals surface area contributed by atoms with E-state index in [9.17, 15) is 4.79 Å². The van der Waals surface area contributed by atoms with E-state index in [-0.39, 0.29) is 0 Å². The van der Waals surface area contributed by atoms with Gasteiger partial charge < -0.3 is 0 Å². The first-order chi connectivity index (χ1) is 11.3. The molecule has 23 heavy (non-hydrogen) atoms. The lowest BCUT2D eigenvalue weighted by Gasteiger charge is -2.33. The highest BCUT2D eigenvalue weighted by molar-refractivity contribution is 5.93. The maximum atomic E-state index is 10.7. The van der Waals surface area contributed by atoms with E-state index in [4.69, 9.17) is 0 Å². The van der Waals surface area contributed by atoms with Gasteiger partial charge in [-0.15, -0.1) is 0 Å². The highest BCUT2D eigenvalue weighted by Gasteiger charge is 2.20. The van der Waals surface area contributed by atoms with Gasteiger partial charge in [-0.25, -0.2) is 9.47 Å². The van der Waals surface area contributed by atoms with Crippen molar-refractivity contribution in [1.82, 2.24) is 9.58 Å². The summed E-state index contributed by atoms with van der Waals surface area (Å²) >= 11 is 0. The molecule has 120 valence electrons. The molecule has 1 aliphatic heterocycles. The van der Waals surface area contributed by atoms with Gasteiger partial charge in [0.1, 0.15) is 0 Å². The van der Waals surface area contributed by atoms with Crippen LogP contribution in [0.3, 0.4) is 0 Å². The molecule has 1 aromatic carbocycles. The Morgan fingerprint density at radius 3 is 2.70 bits per heavy atom. The van der Waals surface area contributed by atoms with Gasteiger partial charge in [0.05, 0.1) is 5.52 Å². The molecular formula is C19H23N3O. The van der Waals surface area contributed by atoms with E-state index < -0.39 is 0 Å². The summed E-state index contributed by atoms with van der Waals surface area (Å²) in [7, 11) is 0. The molecule has 0 saturated heterocycles. The fraction of sp³-hybridized carbons (Fsp3) is 0.421. The summed E-state index contributed by atoms with van der Waals surface area (Å²) in [4.78, 5) is 13.2. The third kappa shape index (κ3) is 3.00. The number of hydrogen-bond donors (Lipinski definition) is 0. The van der Waals surface area contributed by atoms with Gasteiger partial charge in [-0.1, -0.05) is 43.2 Å². The molecule has 0 spiro atoms. The van der Waals surface area contributed by atoms with Gasteiger partial charge >= 0.3 is 0 Å². The van der Waals surface area contributed by atoms with Crippen LogP contribution in [0.15, 0.2) is 41.6 Å². The zero-order chi connectivity index (χ0) is 16.2. The minimum absolute atomic E-state index is 0.675. The van der Waals surface area contributed by atoms with Gasteiger partial charge in [0.2, 0.25) is 0 Å². The number of aromatic nitrogens is 1. The van der Waals surface area contributed by atoms with E-state index >= 15 is 0 Å². The third-order valence-corrected chi connectivity index (χ3v) is 4.89. The molecule has 2 aromatic rings. The topological polar surface area (TPSA) is 37.6 Å². The molecule has 4 nitrogen and oxygen atoms in total. The van der Waals surface area contributed by atoms with Crippen molar-refractivity contribution in [3.8, 4) is 0 Å². The number of carbonyl (C=O) groups excluding carboxylic acids is 1. The van der Waals surface area contributed by atoms with Crippen LogP contribution in [0.2, 0.25) is 0 Å². The predicted molar refractivity (Wildman–Crippen MR) is 94.0 cm³/mol. The highest BCUT2D eigenvalue weighted by atomic mass is 16.1. The van der Waals surface area contributed by atoms with Crippen LogP contribution in [-0.2, 0) is 4.79 Å². The Bertz CT molecular complexity index is 764. The molecule has 0 unspecified atom stereocenters. The van der Waals surface area contributed by atoms with Crippen LogP contribution < -0.4 is 0 Å². The Morgan fingerprint density at radius 2 is 2.04 bits per heavy atom. The van der Waals surface area contributed by atoms with Crippen LogP contribution in [0.4, 0.5) is 0 Å². The molecule has 0 N–H and O–H groups in total. The lowest BCUT2D eigenvalue weighted by Crippen LogP contribution is -2.37. The number of fused-ring (bicyclic) bond motifs is 1. The monoisotopic (exact) mass is 309 g/mol. The van der Waals surface area contributed by atoms with Crippen LogP contribution in [0.1, 0.15) is 38.7 Å². The van der Waals surface area contributed by atoms with E-state index in [0.717, 1.165) is 30.4 Å². The van der Waals surface area contributed by atoms with Gasteiger partial charge in [0.15, 0.2) is 0 Å². The first kappa shape index (κ1) is 15.7. The first-order valence-electron chi connectivity index (χ1n) is 8.40. The molecular weight excluding hydrogens is 286 g/mol. The summed E-state index contributed by atoms with van der Waals surface area (Å²) in [5, 5.41) is 4.94. The lowest BCUT2D eigenvalue weighted by molar-refractivity contribution is 0.205. The van der Waals surface area contributed by atoms with E-state index in [0.29, 0.717) is 6.04 Å². The van der Waals surface area contributed by atoms with Gasteiger partial charge in [0, 0.05) is 36.3 Å². The van der Waals surface area contributed by atoms with Crippen LogP contribution in [0.25, 0.3) is 16.5 Å². The van der Waals surface area contributed by atoms with Crippen molar-refractivity contribution in [2.24, 2.45) is 5.10 Å². The fourth-order valence-electron chi connectivity index (χ4n) is 3.61. The Morgan fingerprint density at radius 1 is 1.26 bits per heavy atom. The molecule has 0 atom stereocenters. The number of rotatable bonds is 5. The van der Waals surface area contributed by atoms with E-state index in [1.54, 1.807) is 10.8 Å². The molecule has 3 rings (SSSR count). The number of hydrogen-bond acceptors (Lipinski definition) is 3. The maximum Gasteiger partial charge on any atom is 0.258 e. The number of isocyanates is 1. The fourth-order valence-corrected chi connectivity index (χ4v) is 3.61. The Labute approximate surface area is 137 Å². The van der Waals surface area contributed by atoms with Crippen molar-refractivity contribution < 1.29 is 4.79 Å². The van der Waals surface area contributed by atoms with Crippen molar-refractivity contribution in [1.29, 1.82) is 0 Å². The van der Waals surface area contributed by atoms with Gasteiger partial charge in [-0.3, -0.25) is 4.90 Å². The molecule has 1 aromatic heterocycles. The van der Waals surface area contributed by atoms with E-state index in [1.165, 1.54) is 24.0 Å². The summed E-state index contributed by atoms with van der Waals surface area (Å²) in [6.07, 6.45) is 9.36. The first-order valence-corrected chi connectivity index (χ1v) is 8.40. The summed E-state index contributed by atoms with van der Waals surface area (Å²) in [6.45, 7) is 6.61. The molecule has 0 saturated carbocycles. The second kappa shape index (κ2) is 6.95. The molecule has 0 amide bonds. The van der Waals surface area contributed by atoms with Crippen molar-refractivity contribution in [3.05, 3.63) is 42.1 Å². The van der Waals surface area contributed by atoms with Crippen molar-refractivity contribution in [2.75, 3.05) is 13.1 Å². The zero-order valence-electron chi connectivity index (χ0n) is 13.8. The molecule has 1 aliphatic rings. The average Bonchev–Trinajstić information content (AvgIpc) is 2.96. The standard InChI is InChI=1S/C19H23N3O/c1-3-16(4-2)21-11-9-15(10-12-21)18-13-22(20-14-23)19-8-6-5-7-17(18)19/h5-9,13,16H,3-4,10-12H2,1-2H3. The van der Waals surface area contributed by atoms with Crippen molar-refractivity contribution in [3.63, 3.8) is 0 Å². The molecule has 4 heteroatoms. The van der Waals surface area contributed by atoms with Gasteiger partial charge in [-0.2, -0.15) is 0 Å². The third-order valence-electron chi connectivity index (χ3n) is 4.89. The van der Waals surface area contributed by atoms with Crippen molar-refractivity contribution >= 4 is 22.6 Å². The summed E-state index contributed by atoms with van der Waals surface area (Å²) in [5.74, 6) is 0. The van der Waals surface area contributed by atoms with Crippen molar-refractivity contribution in [2.45, 2.75) is 39.2 Å². The smallest absolute Gasteiger partial charge is 0.258 e. The van der Waals surface area contributed by atoms with Crippen LogP contribution in [0.5, 0.6) is 0 Å². The molecule has 0 radical (unpaired) electrons. The summed E-state index contributed by atoms with van der Waals surface area (Å²) in [6, 6.07) is 8.75. The molecule has 2 heterocycles. The summed E-state index contributed by atoms with van der Waals surface area (Å²) < 4.78 is 1.63. The number of nitrogens with zero attached hydrogens (tertiary/aromatic N) is 3. The predicted octanol–water partition coefficient (Wildman–Crippen LogP) is 4.02. The zero-order valence-corrected chi connectivity index (χ0v) is 13.8. The van der Waals surface area contributed by atoms with Crippen LogP contribution in [-0.4, -0.2) is 34.8 Å². The quantitative estimate of drug-likeness (QED) is 0.618. The SMILES string of the molecule is CCC(CC)N1CC=C(c2cn(N=C=O)c3ccccc23)CC1. The Balaban J connectivity index is 1.94. The minimum atomic E-state index is 0.675. The maximum absolute atomic E-state index is 10.7. The Hall–Kier alpha value is -2.16. The Kier molecular flexibility index (Phi) is 4.75. The second-order valence-electron chi connectivity index (χ2n) is 6.04. The average molecular weight is 309 g/mol. The van der Waals surface area contributed by atoms with E-state index in [2.05, 4.69) is 36.0 Å². The normalized spacial score (nSPS) is 15.7. The lowest BCUT2D eigenvalue weighted by atomic mass is 9.97. The van der Waals surface area contributed by atoms with Crippen LogP contribution in [0, 0.1) is 0 Å². The molecule has 0 fully saturated rings. The largest absolute Gasteiger partial charge is 0.296 e. The van der Waals surface area contributed by atoms with Gasteiger partial charge in [-0.05, 0) is 30.9 Å². The second-order valence-corrected chi connectivity index (χ2v) is 6.04. The molecule has 0 bridgehead atoms. The number of para-hydroxylation sites is 1. The van der Waals surface area contributed by atoms with E-state index in [1.807, 2.05) is 24.4 Å². The minimum Gasteiger partial charge on any atom is -0.296 e. The van der Waals surface area contributed by atoms with Crippen LogP contribution >= 0.6 is 0 Å². The number of benzene rings is 1.